The highest BCUT2D eigenvalue weighted by molar-refractivity contribution is 9.10. The molecule has 0 aromatic heterocycles. The van der Waals surface area contributed by atoms with Gasteiger partial charge in [0.15, 0.2) is 17.3 Å². The van der Waals surface area contributed by atoms with Gasteiger partial charge in [0.25, 0.3) is 0 Å². The molecule has 18 heavy (non-hydrogen) atoms. The van der Waals surface area contributed by atoms with E-state index in [4.69, 9.17) is 9.47 Å². The van der Waals surface area contributed by atoms with Crippen molar-refractivity contribution in [3.05, 3.63) is 21.7 Å². The van der Waals surface area contributed by atoms with Crippen molar-refractivity contribution in [1.82, 2.24) is 0 Å². The van der Waals surface area contributed by atoms with Crippen LogP contribution in [0.2, 0.25) is 0 Å². The van der Waals surface area contributed by atoms with Crippen molar-refractivity contribution in [3.8, 4) is 11.5 Å². The molecule has 0 radical (unpaired) electrons. The summed E-state index contributed by atoms with van der Waals surface area (Å²) in [5.74, 6) is 1.71. The van der Waals surface area contributed by atoms with Crippen LogP contribution in [0.15, 0.2) is 10.5 Å². The van der Waals surface area contributed by atoms with Crippen LogP contribution in [0.3, 0.4) is 0 Å². The Morgan fingerprint density at radius 1 is 1.33 bits per heavy atom. The second-order valence-electron chi connectivity index (χ2n) is 4.74. The Morgan fingerprint density at radius 2 is 2.00 bits per heavy atom. The topological polar surface area (TPSA) is 35.5 Å². The molecule has 0 saturated heterocycles. The molecule has 0 atom stereocenters. The minimum absolute atomic E-state index is 0.0428. The highest BCUT2D eigenvalue weighted by Crippen LogP contribution is 2.43. The average molecular weight is 313 g/mol. The number of halogens is 1. The summed E-state index contributed by atoms with van der Waals surface area (Å²) in [4.78, 5) is 11.8. The molecule has 1 aliphatic rings. The minimum atomic E-state index is 0.0428. The van der Waals surface area contributed by atoms with Crippen LogP contribution in [-0.2, 0) is 0 Å². The molecule has 1 aliphatic heterocycles. The molecule has 0 fully saturated rings. The van der Waals surface area contributed by atoms with Crippen LogP contribution in [0, 0.1) is 0 Å². The van der Waals surface area contributed by atoms with E-state index < -0.39 is 0 Å². The van der Waals surface area contributed by atoms with E-state index in [1.54, 1.807) is 6.92 Å². The van der Waals surface area contributed by atoms with Gasteiger partial charge < -0.3 is 9.47 Å². The Bertz CT molecular complexity index is 480. The zero-order valence-electron chi connectivity index (χ0n) is 10.9. The van der Waals surface area contributed by atoms with E-state index >= 15 is 0 Å². The van der Waals surface area contributed by atoms with Gasteiger partial charge in [0.1, 0.15) is 0 Å². The van der Waals surface area contributed by atoms with Crippen LogP contribution in [0.4, 0.5) is 0 Å². The second kappa shape index (κ2) is 5.31. The summed E-state index contributed by atoms with van der Waals surface area (Å²) in [6.07, 6.45) is 0.860. The summed E-state index contributed by atoms with van der Waals surface area (Å²) >= 11 is 3.46. The standard InChI is InChI=1S/C14H17BrO3/c1-8(2)12-13(9(3)16)10(15)7-11-14(12)18-6-4-5-17-11/h7-8H,4-6H2,1-3H3. The van der Waals surface area contributed by atoms with Crippen molar-refractivity contribution in [2.75, 3.05) is 13.2 Å². The lowest BCUT2D eigenvalue weighted by atomic mass is 9.93. The first kappa shape index (κ1) is 13.4. The van der Waals surface area contributed by atoms with Gasteiger partial charge in [0.05, 0.1) is 13.2 Å². The molecule has 2 rings (SSSR count). The van der Waals surface area contributed by atoms with E-state index in [1.165, 1.54) is 0 Å². The van der Waals surface area contributed by atoms with E-state index in [0.717, 1.165) is 28.0 Å². The summed E-state index contributed by atoms with van der Waals surface area (Å²) in [5, 5.41) is 0. The van der Waals surface area contributed by atoms with E-state index in [1.807, 2.05) is 6.07 Å². The maximum atomic E-state index is 11.8. The number of Topliss-reactive ketones (excluding diaryl/α,β-unsaturated/α-hetero) is 1. The third kappa shape index (κ3) is 2.39. The third-order valence-corrected chi connectivity index (χ3v) is 3.58. The molecule has 0 unspecified atom stereocenters. The molecule has 0 saturated carbocycles. The van der Waals surface area contributed by atoms with E-state index in [-0.39, 0.29) is 11.7 Å². The van der Waals surface area contributed by atoms with Gasteiger partial charge in [-0.1, -0.05) is 13.8 Å². The molecule has 4 heteroatoms. The van der Waals surface area contributed by atoms with E-state index in [0.29, 0.717) is 18.8 Å². The fourth-order valence-corrected chi connectivity index (χ4v) is 2.91. The van der Waals surface area contributed by atoms with E-state index in [2.05, 4.69) is 29.8 Å². The number of hydrogen-bond acceptors (Lipinski definition) is 3. The summed E-state index contributed by atoms with van der Waals surface area (Å²) in [7, 11) is 0. The molecule has 0 amide bonds. The summed E-state index contributed by atoms with van der Waals surface area (Å²) in [6.45, 7) is 6.98. The van der Waals surface area contributed by atoms with Crippen LogP contribution in [0.25, 0.3) is 0 Å². The van der Waals surface area contributed by atoms with Crippen molar-refractivity contribution in [3.63, 3.8) is 0 Å². The molecule has 0 bridgehead atoms. The number of carbonyl (C=O) groups is 1. The molecule has 0 aliphatic carbocycles. The number of carbonyl (C=O) groups excluding carboxylic acids is 1. The number of benzene rings is 1. The number of rotatable bonds is 2. The fraction of sp³-hybridized carbons (Fsp3) is 0.500. The SMILES string of the molecule is CC(=O)c1c(Br)cc2c(c1C(C)C)OCCCO2. The molecule has 0 N–H and O–H groups in total. The smallest absolute Gasteiger partial charge is 0.165 e. The first-order valence-corrected chi connectivity index (χ1v) is 6.94. The van der Waals surface area contributed by atoms with Crippen LogP contribution < -0.4 is 9.47 Å². The van der Waals surface area contributed by atoms with Crippen LogP contribution in [-0.4, -0.2) is 19.0 Å². The Hall–Kier alpha value is -1.03. The molecule has 1 heterocycles. The molecular weight excluding hydrogens is 296 g/mol. The predicted octanol–water partition coefficient (Wildman–Crippen LogP) is 3.94. The van der Waals surface area contributed by atoms with Gasteiger partial charge in [-0.3, -0.25) is 4.79 Å². The van der Waals surface area contributed by atoms with Crippen molar-refractivity contribution in [2.24, 2.45) is 0 Å². The maximum absolute atomic E-state index is 11.8. The maximum Gasteiger partial charge on any atom is 0.165 e. The highest BCUT2D eigenvalue weighted by Gasteiger charge is 2.25. The Balaban J connectivity index is 2.69. The van der Waals surface area contributed by atoms with Gasteiger partial charge in [-0.2, -0.15) is 0 Å². The first-order chi connectivity index (χ1) is 8.52. The zero-order valence-corrected chi connectivity index (χ0v) is 12.5. The van der Waals surface area contributed by atoms with Gasteiger partial charge in [-0.15, -0.1) is 0 Å². The average Bonchev–Trinajstić information content (AvgIpc) is 2.51. The number of fused-ring (bicyclic) bond motifs is 1. The van der Waals surface area contributed by atoms with Crippen molar-refractivity contribution < 1.29 is 14.3 Å². The molecule has 98 valence electrons. The summed E-state index contributed by atoms with van der Waals surface area (Å²) in [6, 6.07) is 1.84. The Morgan fingerprint density at radius 3 is 2.61 bits per heavy atom. The van der Waals surface area contributed by atoms with Gasteiger partial charge in [-0.25, -0.2) is 0 Å². The number of ether oxygens (including phenoxy) is 2. The van der Waals surface area contributed by atoms with Crippen molar-refractivity contribution in [2.45, 2.75) is 33.1 Å². The van der Waals surface area contributed by atoms with E-state index in [9.17, 15) is 4.79 Å². The van der Waals surface area contributed by atoms with Gasteiger partial charge in [0, 0.05) is 22.0 Å². The van der Waals surface area contributed by atoms with Gasteiger partial charge >= 0.3 is 0 Å². The Kier molecular flexibility index (Phi) is 3.95. The molecule has 1 aromatic carbocycles. The molecule has 0 spiro atoms. The van der Waals surface area contributed by atoms with Crippen molar-refractivity contribution in [1.29, 1.82) is 0 Å². The Labute approximate surface area is 116 Å². The predicted molar refractivity (Wildman–Crippen MR) is 73.8 cm³/mol. The number of hydrogen-bond donors (Lipinski definition) is 0. The first-order valence-electron chi connectivity index (χ1n) is 6.15. The largest absolute Gasteiger partial charge is 0.490 e. The lowest BCUT2D eigenvalue weighted by Gasteiger charge is -2.19. The lowest BCUT2D eigenvalue weighted by molar-refractivity contribution is 0.101. The normalized spacial score (nSPS) is 14.5. The van der Waals surface area contributed by atoms with Crippen LogP contribution in [0.1, 0.15) is 49.0 Å². The molecule has 1 aromatic rings. The number of ketones is 1. The summed E-state index contributed by atoms with van der Waals surface area (Å²) < 4.78 is 12.3. The van der Waals surface area contributed by atoms with Crippen LogP contribution in [0.5, 0.6) is 11.5 Å². The van der Waals surface area contributed by atoms with Gasteiger partial charge in [-0.05, 0) is 34.8 Å². The minimum Gasteiger partial charge on any atom is -0.490 e. The molecular formula is C14H17BrO3. The quantitative estimate of drug-likeness (QED) is 0.776. The second-order valence-corrected chi connectivity index (χ2v) is 5.59. The fourth-order valence-electron chi connectivity index (χ4n) is 2.21. The summed E-state index contributed by atoms with van der Waals surface area (Å²) in [5.41, 5.74) is 1.64. The lowest BCUT2D eigenvalue weighted by Crippen LogP contribution is -2.07. The third-order valence-electron chi connectivity index (χ3n) is 2.96. The zero-order chi connectivity index (χ0) is 13.3. The molecule has 3 nitrogen and oxygen atoms in total. The highest BCUT2D eigenvalue weighted by atomic mass is 79.9. The van der Waals surface area contributed by atoms with Crippen LogP contribution >= 0.6 is 15.9 Å². The van der Waals surface area contributed by atoms with Gasteiger partial charge in [0.2, 0.25) is 0 Å². The van der Waals surface area contributed by atoms with Crippen molar-refractivity contribution >= 4 is 21.7 Å². The monoisotopic (exact) mass is 312 g/mol.